The predicted octanol–water partition coefficient (Wildman–Crippen LogP) is 3.70. The molecule has 0 N–H and O–H groups in total. The van der Waals surface area contributed by atoms with Crippen LogP contribution in [0.25, 0.3) is 21.5 Å². The predicted molar refractivity (Wildman–Crippen MR) is 132 cm³/mol. The third-order valence-electron chi connectivity index (χ3n) is 6.60. The Hall–Kier alpha value is -1.03. The standard InChI is InChI=1S/C22H30O2Si4/c1-25(2)19-17-13-15-11-9-10-12-16(15)14-18(17)20-22(21(19)27(5,6)23-25)28(7,8)24-26(20,3)4/h9-14H,1-8H3. The quantitative estimate of drug-likeness (QED) is 0.393. The minimum atomic E-state index is -1.96. The molecule has 0 amide bonds. The van der Waals surface area contributed by atoms with Crippen molar-refractivity contribution in [3.05, 3.63) is 36.4 Å². The Morgan fingerprint density at radius 1 is 0.500 bits per heavy atom. The Bertz CT molecular complexity index is 1090. The molecule has 6 heteroatoms. The maximum atomic E-state index is 6.97. The average Bonchev–Trinajstić information content (AvgIpc) is 2.87. The summed E-state index contributed by atoms with van der Waals surface area (Å²) in [6.45, 7) is 19.3. The monoisotopic (exact) mass is 438 g/mol. The molecule has 3 aromatic carbocycles. The van der Waals surface area contributed by atoms with Gasteiger partial charge in [0.1, 0.15) is 0 Å². The molecule has 2 nitrogen and oxygen atoms in total. The second-order valence-corrected chi connectivity index (χ2v) is 26.2. The van der Waals surface area contributed by atoms with Crippen LogP contribution < -0.4 is 20.7 Å². The second-order valence-electron chi connectivity index (χ2n) is 10.5. The van der Waals surface area contributed by atoms with E-state index in [1.807, 2.05) is 0 Å². The highest BCUT2D eigenvalue weighted by Gasteiger charge is 2.56. The van der Waals surface area contributed by atoms with Gasteiger partial charge in [-0.2, -0.15) is 0 Å². The lowest BCUT2D eigenvalue weighted by Gasteiger charge is -2.26. The summed E-state index contributed by atoms with van der Waals surface area (Å²) in [5.74, 6) is 0. The molecule has 0 unspecified atom stereocenters. The van der Waals surface area contributed by atoms with Gasteiger partial charge in [-0.1, -0.05) is 24.3 Å². The van der Waals surface area contributed by atoms with Gasteiger partial charge in [0.05, 0.1) is 0 Å². The zero-order chi connectivity index (χ0) is 20.3. The van der Waals surface area contributed by atoms with Gasteiger partial charge in [0.15, 0.2) is 0 Å². The van der Waals surface area contributed by atoms with E-state index >= 15 is 0 Å². The molecule has 0 aliphatic carbocycles. The molecule has 0 spiro atoms. The molecule has 0 radical (unpaired) electrons. The number of rotatable bonds is 0. The van der Waals surface area contributed by atoms with Crippen LogP contribution in [0.1, 0.15) is 0 Å². The molecule has 0 saturated carbocycles. The van der Waals surface area contributed by atoms with Gasteiger partial charge in [-0.25, -0.2) is 0 Å². The average molecular weight is 439 g/mol. The van der Waals surface area contributed by atoms with Crippen LogP contribution in [0.15, 0.2) is 36.4 Å². The van der Waals surface area contributed by atoms with Gasteiger partial charge in [0, 0.05) is 0 Å². The third kappa shape index (κ3) is 2.36. The molecule has 28 heavy (non-hydrogen) atoms. The minimum Gasteiger partial charge on any atom is -0.449 e. The first-order valence-corrected chi connectivity index (χ1v) is 21.9. The maximum absolute atomic E-state index is 6.97. The SMILES string of the molecule is C[Si]1(C)O[Si](C)(C)c2c1c1c(c3cc4ccccc4cc23)[Si](C)(C)O[Si]1(C)C. The topological polar surface area (TPSA) is 18.5 Å². The van der Waals surface area contributed by atoms with Crippen LogP contribution in [-0.2, 0) is 8.23 Å². The summed E-state index contributed by atoms with van der Waals surface area (Å²) in [7, 11) is -7.81. The van der Waals surface area contributed by atoms with Crippen LogP contribution in [-0.4, -0.2) is 33.3 Å². The highest BCUT2D eigenvalue weighted by Crippen LogP contribution is 2.33. The van der Waals surface area contributed by atoms with E-state index in [0.717, 1.165) is 0 Å². The zero-order valence-electron chi connectivity index (χ0n) is 18.3. The fraction of sp³-hybridized carbons (Fsp3) is 0.364. The normalized spacial score (nSPS) is 23.1. The fourth-order valence-corrected chi connectivity index (χ4v) is 29.7. The van der Waals surface area contributed by atoms with Crippen molar-refractivity contribution in [1.82, 2.24) is 0 Å². The van der Waals surface area contributed by atoms with Crippen LogP contribution in [0.5, 0.6) is 0 Å². The van der Waals surface area contributed by atoms with Gasteiger partial charge in [-0.3, -0.25) is 0 Å². The van der Waals surface area contributed by atoms with Crippen LogP contribution in [0.4, 0.5) is 0 Å². The molecule has 2 aliphatic rings. The summed E-state index contributed by atoms with van der Waals surface area (Å²) in [6.07, 6.45) is 0. The molecule has 0 bridgehead atoms. The number of hydrogen-bond donors (Lipinski definition) is 0. The van der Waals surface area contributed by atoms with E-state index in [0.29, 0.717) is 0 Å². The molecular formula is C22H30O2Si4. The number of fused-ring (bicyclic) bond motifs is 7. The first kappa shape index (κ1) is 19.0. The first-order chi connectivity index (χ1) is 12.9. The molecule has 0 aromatic heterocycles. The van der Waals surface area contributed by atoms with Gasteiger partial charge in [-0.05, 0) is 107 Å². The second kappa shape index (κ2) is 5.36. The Kier molecular flexibility index (Phi) is 3.63. The van der Waals surface area contributed by atoms with Crippen molar-refractivity contribution in [2.45, 2.75) is 52.4 Å². The van der Waals surface area contributed by atoms with Gasteiger partial charge in [0.25, 0.3) is 0 Å². The summed E-state index contributed by atoms with van der Waals surface area (Å²) in [4.78, 5) is 0. The van der Waals surface area contributed by atoms with Crippen LogP contribution in [0.2, 0.25) is 52.4 Å². The molecule has 2 aliphatic heterocycles. The minimum absolute atomic E-state index is 1.34. The van der Waals surface area contributed by atoms with Crippen molar-refractivity contribution in [3.63, 3.8) is 0 Å². The summed E-state index contributed by atoms with van der Waals surface area (Å²) >= 11 is 0. The smallest absolute Gasteiger partial charge is 0.206 e. The molecule has 146 valence electrons. The highest BCUT2D eigenvalue weighted by molar-refractivity contribution is 7.15. The van der Waals surface area contributed by atoms with E-state index in [9.17, 15) is 0 Å². The molecule has 0 atom stereocenters. The molecule has 3 aromatic rings. The summed E-state index contributed by atoms with van der Waals surface area (Å²) in [6, 6.07) is 13.7. The van der Waals surface area contributed by atoms with Gasteiger partial charge in [0.2, 0.25) is 33.3 Å². The molecule has 0 saturated heterocycles. The summed E-state index contributed by atoms with van der Waals surface area (Å²) in [5.41, 5.74) is 0. The Morgan fingerprint density at radius 2 is 0.821 bits per heavy atom. The van der Waals surface area contributed by atoms with Crippen molar-refractivity contribution in [3.8, 4) is 0 Å². The highest BCUT2D eigenvalue weighted by atomic mass is 28.4. The van der Waals surface area contributed by atoms with Gasteiger partial charge >= 0.3 is 0 Å². The van der Waals surface area contributed by atoms with Crippen LogP contribution >= 0.6 is 0 Å². The lowest BCUT2D eigenvalue weighted by Crippen LogP contribution is -2.64. The van der Waals surface area contributed by atoms with E-state index in [-0.39, 0.29) is 0 Å². The Balaban J connectivity index is 2.10. The van der Waals surface area contributed by atoms with Crippen molar-refractivity contribution >= 4 is 75.6 Å². The van der Waals surface area contributed by atoms with Crippen molar-refractivity contribution < 1.29 is 8.23 Å². The number of benzene rings is 3. The zero-order valence-corrected chi connectivity index (χ0v) is 22.3. The van der Waals surface area contributed by atoms with Crippen molar-refractivity contribution in [2.75, 3.05) is 0 Å². The Labute approximate surface area is 172 Å². The molecule has 2 heterocycles. The molecule has 5 rings (SSSR count). The van der Waals surface area contributed by atoms with Crippen LogP contribution in [0.3, 0.4) is 0 Å². The third-order valence-corrected chi connectivity index (χ3v) is 22.4. The molecule has 0 fully saturated rings. The van der Waals surface area contributed by atoms with E-state index in [2.05, 4.69) is 88.8 Å². The first-order valence-electron chi connectivity index (χ1n) is 10.3. The largest absolute Gasteiger partial charge is 0.449 e. The Morgan fingerprint density at radius 3 is 1.18 bits per heavy atom. The maximum Gasteiger partial charge on any atom is 0.206 e. The van der Waals surface area contributed by atoms with Gasteiger partial charge < -0.3 is 8.23 Å². The summed E-state index contributed by atoms with van der Waals surface area (Å²) in [5, 5.41) is 12.0. The van der Waals surface area contributed by atoms with Crippen molar-refractivity contribution in [2.24, 2.45) is 0 Å². The van der Waals surface area contributed by atoms with E-state index < -0.39 is 33.3 Å². The van der Waals surface area contributed by atoms with E-state index in [4.69, 9.17) is 8.23 Å². The van der Waals surface area contributed by atoms with E-state index in [1.54, 1.807) is 20.7 Å². The number of hydrogen-bond acceptors (Lipinski definition) is 2. The lowest BCUT2D eigenvalue weighted by atomic mass is 10.0. The fourth-order valence-electron chi connectivity index (χ4n) is 6.11. The molecular weight excluding hydrogens is 409 g/mol. The van der Waals surface area contributed by atoms with Crippen LogP contribution in [0, 0.1) is 0 Å². The van der Waals surface area contributed by atoms with Crippen molar-refractivity contribution in [1.29, 1.82) is 0 Å². The van der Waals surface area contributed by atoms with E-state index in [1.165, 1.54) is 21.5 Å². The summed E-state index contributed by atoms with van der Waals surface area (Å²) < 4.78 is 13.9. The lowest BCUT2D eigenvalue weighted by molar-refractivity contribution is 0.580. The van der Waals surface area contributed by atoms with Gasteiger partial charge in [-0.15, -0.1) is 0 Å².